The molecule has 3 N–H and O–H groups in total. The van der Waals surface area contributed by atoms with Crippen LogP contribution in [0.15, 0.2) is 36.7 Å². The average Bonchev–Trinajstić information content (AvgIpc) is 2.54. The standard InChI is InChI=1S/C15H15ClN4O3S/c1-23-13-7-12(17-8-18-13)20-15(24)19-11(6-14(21)22)9-3-2-4-10(16)5-9/h2-5,7-8,11H,6H2,1H3,(H,21,22)(H2,17,18,19,20,24)/t11-/m0/s1. The van der Waals surface area contributed by atoms with Crippen LogP contribution in [0.5, 0.6) is 5.88 Å². The Labute approximate surface area is 149 Å². The molecule has 0 spiro atoms. The minimum atomic E-state index is -0.959. The fourth-order valence-electron chi connectivity index (χ4n) is 1.98. The third-order valence-corrected chi connectivity index (χ3v) is 3.48. The molecule has 0 bridgehead atoms. The summed E-state index contributed by atoms with van der Waals surface area (Å²) >= 11 is 11.2. The Morgan fingerprint density at radius 1 is 1.42 bits per heavy atom. The molecule has 0 aliphatic heterocycles. The number of nitrogens with zero attached hydrogens (tertiary/aromatic N) is 2. The largest absolute Gasteiger partial charge is 0.481 e. The lowest BCUT2D eigenvalue weighted by Gasteiger charge is -2.20. The van der Waals surface area contributed by atoms with Crippen LogP contribution in [0, 0.1) is 0 Å². The highest BCUT2D eigenvalue weighted by Crippen LogP contribution is 2.21. The summed E-state index contributed by atoms with van der Waals surface area (Å²) in [5.74, 6) is -0.147. The molecule has 0 aliphatic carbocycles. The van der Waals surface area contributed by atoms with Crippen LogP contribution in [0.3, 0.4) is 0 Å². The second-order valence-corrected chi connectivity index (χ2v) is 5.59. The van der Waals surface area contributed by atoms with Gasteiger partial charge in [0.25, 0.3) is 0 Å². The van der Waals surface area contributed by atoms with Gasteiger partial charge in [-0.2, -0.15) is 0 Å². The molecule has 9 heteroatoms. The number of aliphatic carboxylic acids is 1. The van der Waals surface area contributed by atoms with E-state index < -0.39 is 12.0 Å². The highest BCUT2D eigenvalue weighted by Gasteiger charge is 2.17. The van der Waals surface area contributed by atoms with Gasteiger partial charge in [0.15, 0.2) is 5.11 Å². The summed E-state index contributed by atoms with van der Waals surface area (Å²) in [6, 6.07) is 7.97. The highest BCUT2D eigenvalue weighted by molar-refractivity contribution is 7.80. The molecule has 0 radical (unpaired) electrons. The van der Waals surface area contributed by atoms with Crippen LogP contribution < -0.4 is 15.4 Å². The van der Waals surface area contributed by atoms with Crippen LogP contribution >= 0.6 is 23.8 Å². The number of hydrogen-bond acceptors (Lipinski definition) is 5. The number of benzene rings is 1. The van der Waals surface area contributed by atoms with Gasteiger partial charge in [0.2, 0.25) is 5.88 Å². The molecule has 0 saturated carbocycles. The van der Waals surface area contributed by atoms with Crippen molar-refractivity contribution in [3.63, 3.8) is 0 Å². The minimum Gasteiger partial charge on any atom is -0.481 e. The third kappa shape index (κ3) is 5.32. The Morgan fingerprint density at radius 2 is 2.21 bits per heavy atom. The molecule has 1 heterocycles. The Balaban J connectivity index is 2.10. The van der Waals surface area contributed by atoms with Crippen LogP contribution in [0.25, 0.3) is 0 Å². The van der Waals surface area contributed by atoms with E-state index in [0.717, 1.165) is 0 Å². The summed E-state index contributed by atoms with van der Waals surface area (Å²) in [6.45, 7) is 0. The van der Waals surface area contributed by atoms with E-state index in [1.165, 1.54) is 13.4 Å². The predicted octanol–water partition coefficient (Wildman–Crippen LogP) is 2.64. The number of nitrogens with one attached hydrogen (secondary N) is 2. The maximum atomic E-state index is 11.1. The van der Waals surface area contributed by atoms with Gasteiger partial charge in [0.05, 0.1) is 19.6 Å². The smallest absolute Gasteiger partial charge is 0.305 e. The number of anilines is 1. The fraction of sp³-hybridized carbons (Fsp3) is 0.200. The number of carbonyl (C=O) groups is 1. The van der Waals surface area contributed by atoms with Gasteiger partial charge in [-0.15, -0.1) is 0 Å². The molecule has 2 aromatic rings. The highest BCUT2D eigenvalue weighted by atomic mass is 35.5. The molecule has 0 aliphatic rings. The second-order valence-electron chi connectivity index (χ2n) is 4.75. The van der Waals surface area contributed by atoms with Gasteiger partial charge in [0, 0.05) is 11.1 Å². The van der Waals surface area contributed by atoms with Crippen LogP contribution in [0.2, 0.25) is 5.02 Å². The van der Waals surface area contributed by atoms with Crippen molar-refractivity contribution in [3.8, 4) is 5.88 Å². The van der Waals surface area contributed by atoms with E-state index in [2.05, 4.69) is 20.6 Å². The van der Waals surface area contributed by atoms with E-state index >= 15 is 0 Å². The SMILES string of the molecule is COc1cc(NC(=S)N[C@@H](CC(=O)O)c2cccc(Cl)c2)ncn1. The first-order chi connectivity index (χ1) is 11.5. The summed E-state index contributed by atoms with van der Waals surface area (Å²) in [6.07, 6.45) is 1.17. The van der Waals surface area contributed by atoms with Gasteiger partial charge in [-0.3, -0.25) is 4.79 Å². The van der Waals surface area contributed by atoms with E-state index in [4.69, 9.17) is 33.7 Å². The first-order valence-corrected chi connectivity index (χ1v) is 7.67. The van der Waals surface area contributed by atoms with Gasteiger partial charge < -0.3 is 20.5 Å². The molecule has 0 saturated heterocycles. The Hall–Kier alpha value is -2.45. The second kappa shape index (κ2) is 8.42. The van der Waals surface area contributed by atoms with Gasteiger partial charge >= 0.3 is 5.97 Å². The van der Waals surface area contributed by atoms with Crippen molar-refractivity contribution in [2.75, 3.05) is 12.4 Å². The van der Waals surface area contributed by atoms with Crippen molar-refractivity contribution in [2.24, 2.45) is 0 Å². The molecular formula is C15H15ClN4O3S. The van der Waals surface area contributed by atoms with Gasteiger partial charge in [-0.25, -0.2) is 9.97 Å². The minimum absolute atomic E-state index is 0.157. The van der Waals surface area contributed by atoms with Crippen molar-refractivity contribution in [1.29, 1.82) is 0 Å². The Kier molecular flexibility index (Phi) is 6.28. The number of carboxylic acids is 1. The maximum Gasteiger partial charge on any atom is 0.305 e. The number of aromatic nitrogens is 2. The predicted molar refractivity (Wildman–Crippen MR) is 94.4 cm³/mol. The molecular weight excluding hydrogens is 352 g/mol. The number of ether oxygens (including phenoxy) is 1. The number of halogens is 1. The van der Waals surface area contributed by atoms with E-state index in [9.17, 15) is 4.79 Å². The first kappa shape index (κ1) is 17.9. The van der Waals surface area contributed by atoms with Gasteiger partial charge in [-0.1, -0.05) is 23.7 Å². The van der Waals surface area contributed by atoms with E-state index in [1.807, 2.05) is 0 Å². The monoisotopic (exact) mass is 366 g/mol. The summed E-state index contributed by atoms with van der Waals surface area (Å²) < 4.78 is 5.01. The Bertz CT molecular complexity index is 744. The number of rotatable bonds is 6. The summed E-state index contributed by atoms with van der Waals surface area (Å²) in [4.78, 5) is 19.0. The van der Waals surface area contributed by atoms with E-state index in [1.54, 1.807) is 30.3 Å². The lowest BCUT2D eigenvalue weighted by atomic mass is 10.0. The summed E-state index contributed by atoms with van der Waals surface area (Å²) in [5, 5.41) is 15.7. The van der Waals surface area contributed by atoms with Crippen LogP contribution in [0.1, 0.15) is 18.0 Å². The molecule has 0 amide bonds. The molecule has 1 atom stereocenters. The average molecular weight is 367 g/mol. The molecule has 1 aromatic carbocycles. The first-order valence-electron chi connectivity index (χ1n) is 6.88. The van der Waals surface area contributed by atoms with Crippen molar-refractivity contribution < 1.29 is 14.6 Å². The topological polar surface area (TPSA) is 96.4 Å². The zero-order valence-electron chi connectivity index (χ0n) is 12.7. The van der Waals surface area contributed by atoms with Crippen LogP contribution in [0.4, 0.5) is 5.82 Å². The summed E-state index contributed by atoms with van der Waals surface area (Å²) in [7, 11) is 1.49. The van der Waals surface area contributed by atoms with E-state index in [-0.39, 0.29) is 11.5 Å². The zero-order valence-corrected chi connectivity index (χ0v) is 14.3. The lowest BCUT2D eigenvalue weighted by molar-refractivity contribution is -0.137. The molecule has 0 unspecified atom stereocenters. The van der Waals surface area contributed by atoms with Crippen molar-refractivity contribution in [1.82, 2.24) is 15.3 Å². The van der Waals surface area contributed by atoms with Crippen LogP contribution in [-0.4, -0.2) is 33.3 Å². The van der Waals surface area contributed by atoms with Crippen molar-refractivity contribution in [3.05, 3.63) is 47.2 Å². The van der Waals surface area contributed by atoms with Crippen molar-refractivity contribution >= 4 is 40.7 Å². The maximum absolute atomic E-state index is 11.1. The molecule has 1 aromatic heterocycles. The Morgan fingerprint density at radius 3 is 2.88 bits per heavy atom. The fourth-order valence-corrected chi connectivity index (χ4v) is 2.43. The number of hydrogen-bond donors (Lipinski definition) is 3. The van der Waals surface area contributed by atoms with Gasteiger partial charge in [0.1, 0.15) is 12.1 Å². The quantitative estimate of drug-likeness (QED) is 0.671. The number of thiocarbonyl (C=S) groups is 1. The molecule has 2 rings (SSSR count). The molecule has 7 nitrogen and oxygen atoms in total. The normalized spacial score (nSPS) is 11.4. The molecule has 126 valence electrons. The lowest BCUT2D eigenvalue weighted by Crippen LogP contribution is -2.33. The third-order valence-electron chi connectivity index (χ3n) is 3.03. The van der Waals surface area contributed by atoms with Crippen molar-refractivity contribution in [2.45, 2.75) is 12.5 Å². The van der Waals surface area contributed by atoms with Gasteiger partial charge in [-0.05, 0) is 29.9 Å². The number of methoxy groups -OCH3 is 1. The summed E-state index contributed by atoms with van der Waals surface area (Å²) in [5.41, 5.74) is 0.717. The van der Waals surface area contributed by atoms with E-state index in [0.29, 0.717) is 22.3 Å². The van der Waals surface area contributed by atoms with Crippen LogP contribution in [-0.2, 0) is 4.79 Å². The molecule has 24 heavy (non-hydrogen) atoms. The molecule has 0 fully saturated rings. The zero-order chi connectivity index (χ0) is 17.5. The number of carboxylic acid groups (broad SMARTS) is 1.